The maximum atomic E-state index is 8.33. The molecule has 5 heteroatoms. The van der Waals surface area contributed by atoms with Gasteiger partial charge in [-0.1, -0.05) is 11.8 Å². The first-order chi connectivity index (χ1) is 5.76. The van der Waals surface area contributed by atoms with E-state index in [4.69, 9.17) is 10.00 Å². The molecule has 68 valence electrons. The molecule has 0 aromatic rings. The van der Waals surface area contributed by atoms with Crippen LogP contribution < -0.4 is 0 Å². The minimum Gasteiger partial charge on any atom is -0.383 e. The van der Waals surface area contributed by atoms with Gasteiger partial charge in [-0.2, -0.15) is 5.26 Å². The average Bonchev–Trinajstić information content (AvgIpc) is 2.10. The van der Waals surface area contributed by atoms with E-state index >= 15 is 0 Å². The lowest BCUT2D eigenvalue weighted by Gasteiger charge is -2.17. The molecule has 0 saturated heterocycles. The number of nitriles is 1. The third-order valence-electron chi connectivity index (χ3n) is 1.29. The standard InChI is InChI=1S/C7H13N3OS/c1-10(4-5-11-2)7(12-3)9-6-8/h4-5H2,1-3H3. The largest absolute Gasteiger partial charge is 0.383 e. The van der Waals surface area contributed by atoms with Crippen molar-refractivity contribution < 1.29 is 4.74 Å². The van der Waals surface area contributed by atoms with Crippen LogP contribution in [0.2, 0.25) is 0 Å². The first-order valence-corrected chi connectivity index (χ1v) is 4.69. The highest BCUT2D eigenvalue weighted by molar-refractivity contribution is 8.13. The van der Waals surface area contributed by atoms with Crippen LogP contribution in [0.3, 0.4) is 0 Å². The number of aliphatic imine (C=N–C) groups is 1. The number of amidine groups is 1. The Morgan fingerprint density at radius 2 is 2.42 bits per heavy atom. The molecular formula is C7H13N3OS. The number of nitrogens with zero attached hydrogens (tertiary/aromatic N) is 3. The van der Waals surface area contributed by atoms with E-state index in [2.05, 4.69) is 4.99 Å². The molecule has 0 heterocycles. The Hall–Kier alpha value is -0.730. The first-order valence-electron chi connectivity index (χ1n) is 3.47. The summed E-state index contributed by atoms with van der Waals surface area (Å²) in [5.41, 5.74) is 0. The van der Waals surface area contributed by atoms with E-state index in [0.717, 1.165) is 11.7 Å². The van der Waals surface area contributed by atoms with E-state index in [1.165, 1.54) is 11.8 Å². The summed E-state index contributed by atoms with van der Waals surface area (Å²) in [5, 5.41) is 9.05. The zero-order valence-electron chi connectivity index (χ0n) is 7.57. The maximum Gasteiger partial charge on any atom is 0.208 e. The lowest BCUT2D eigenvalue weighted by Crippen LogP contribution is -2.27. The topological polar surface area (TPSA) is 48.6 Å². The summed E-state index contributed by atoms with van der Waals surface area (Å²) < 4.78 is 4.90. The normalized spacial score (nSPS) is 11.0. The molecule has 4 nitrogen and oxygen atoms in total. The van der Waals surface area contributed by atoms with Crippen LogP contribution in [0.5, 0.6) is 0 Å². The van der Waals surface area contributed by atoms with Gasteiger partial charge >= 0.3 is 0 Å². The lowest BCUT2D eigenvalue weighted by atomic mass is 10.6. The van der Waals surface area contributed by atoms with Crippen molar-refractivity contribution in [2.24, 2.45) is 4.99 Å². The van der Waals surface area contributed by atoms with Crippen molar-refractivity contribution in [2.75, 3.05) is 33.6 Å². The number of ether oxygens (including phenoxy) is 1. The van der Waals surface area contributed by atoms with Crippen LogP contribution in [0.1, 0.15) is 0 Å². The molecule has 0 spiro atoms. The predicted octanol–water partition coefficient (Wildman–Crippen LogP) is 0.765. The molecule has 0 aliphatic carbocycles. The van der Waals surface area contributed by atoms with Gasteiger partial charge in [0.15, 0.2) is 5.17 Å². The van der Waals surface area contributed by atoms with Gasteiger partial charge < -0.3 is 9.64 Å². The number of hydrogen-bond acceptors (Lipinski definition) is 4. The Morgan fingerprint density at radius 1 is 1.75 bits per heavy atom. The van der Waals surface area contributed by atoms with Crippen LogP contribution in [0.4, 0.5) is 0 Å². The highest BCUT2D eigenvalue weighted by Crippen LogP contribution is 2.02. The quantitative estimate of drug-likeness (QED) is 0.372. The number of likely N-dealkylation sites (N-methyl/N-ethyl adjacent to an activating group) is 1. The van der Waals surface area contributed by atoms with Gasteiger partial charge in [0.1, 0.15) is 0 Å². The molecule has 0 aliphatic heterocycles. The molecule has 0 amide bonds. The molecule has 0 rings (SSSR count). The summed E-state index contributed by atoms with van der Waals surface area (Å²) in [7, 11) is 3.53. The average molecular weight is 187 g/mol. The monoisotopic (exact) mass is 187 g/mol. The number of rotatable bonds is 3. The van der Waals surface area contributed by atoms with Crippen LogP contribution in [0.25, 0.3) is 0 Å². The van der Waals surface area contributed by atoms with Gasteiger partial charge in [-0.3, -0.25) is 0 Å². The lowest BCUT2D eigenvalue weighted by molar-refractivity contribution is 0.183. The van der Waals surface area contributed by atoms with Crippen molar-refractivity contribution in [3.63, 3.8) is 0 Å². The molecule has 0 bridgehead atoms. The van der Waals surface area contributed by atoms with Gasteiger partial charge in [0.2, 0.25) is 6.19 Å². The van der Waals surface area contributed by atoms with E-state index < -0.39 is 0 Å². The minimum absolute atomic E-state index is 0.640. The predicted molar refractivity (Wildman–Crippen MR) is 51.1 cm³/mol. The molecule has 0 aliphatic rings. The second-order valence-electron chi connectivity index (χ2n) is 2.11. The highest BCUT2D eigenvalue weighted by Gasteiger charge is 2.03. The smallest absolute Gasteiger partial charge is 0.208 e. The molecule has 0 aromatic carbocycles. The van der Waals surface area contributed by atoms with Gasteiger partial charge in [0, 0.05) is 20.7 Å². The van der Waals surface area contributed by atoms with Crippen LogP contribution >= 0.6 is 11.8 Å². The van der Waals surface area contributed by atoms with E-state index in [0.29, 0.717) is 6.61 Å². The Bertz CT molecular complexity index is 188. The summed E-state index contributed by atoms with van der Waals surface area (Å²) in [6.07, 6.45) is 3.65. The zero-order chi connectivity index (χ0) is 9.40. The van der Waals surface area contributed by atoms with Crippen molar-refractivity contribution >= 4 is 16.9 Å². The molecule has 0 saturated carbocycles. The summed E-state index contributed by atoms with van der Waals surface area (Å²) in [4.78, 5) is 5.54. The fourth-order valence-electron chi connectivity index (χ4n) is 0.653. The third kappa shape index (κ3) is 4.21. The second kappa shape index (κ2) is 6.95. The van der Waals surface area contributed by atoms with Crippen LogP contribution in [0.15, 0.2) is 4.99 Å². The Labute approximate surface area is 77.2 Å². The molecule has 0 fully saturated rings. The van der Waals surface area contributed by atoms with Gasteiger partial charge in [-0.15, -0.1) is 4.99 Å². The fourth-order valence-corrected chi connectivity index (χ4v) is 1.19. The maximum absolute atomic E-state index is 8.33. The molecular weight excluding hydrogens is 174 g/mol. The van der Waals surface area contributed by atoms with Crippen molar-refractivity contribution in [3.8, 4) is 6.19 Å². The molecule has 0 N–H and O–H groups in total. The number of hydrogen-bond donors (Lipinski definition) is 0. The van der Waals surface area contributed by atoms with Gasteiger partial charge in [-0.05, 0) is 6.26 Å². The Kier molecular flexibility index (Phi) is 6.53. The molecule has 0 aromatic heterocycles. The molecule has 0 radical (unpaired) electrons. The minimum atomic E-state index is 0.640. The second-order valence-corrected chi connectivity index (χ2v) is 2.89. The van der Waals surface area contributed by atoms with E-state index in [1.807, 2.05) is 18.2 Å². The van der Waals surface area contributed by atoms with Crippen molar-refractivity contribution in [2.45, 2.75) is 0 Å². The van der Waals surface area contributed by atoms with E-state index in [1.54, 1.807) is 13.3 Å². The Balaban J connectivity index is 3.96. The van der Waals surface area contributed by atoms with Crippen molar-refractivity contribution in [3.05, 3.63) is 0 Å². The SMILES string of the molecule is COCCN(C)C(=NC#N)SC. The van der Waals surface area contributed by atoms with Crippen molar-refractivity contribution in [1.29, 1.82) is 5.26 Å². The molecule has 0 atom stereocenters. The summed E-state index contributed by atoms with van der Waals surface area (Å²) in [5.74, 6) is 0. The first kappa shape index (κ1) is 11.3. The number of methoxy groups -OCH3 is 1. The third-order valence-corrected chi connectivity index (χ3v) is 2.05. The number of thioether (sulfide) groups is 1. The summed E-state index contributed by atoms with van der Waals surface area (Å²) in [6, 6.07) is 0. The fraction of sp³-hybridized carbons (Fsp3) is 0.714. The van der Waals surface area contributed by atoms with Gasteiger partial charge in [0.25, 0.3) is 0 Å². The van der Waals surface area contributed by atoms with Gasteiger partial charge in [0.05, 0.1) is 6.61 Å². The molecule has 0 unspecified atom stereocenters. The zero-order valence-corrected chi connectivity index (χ0v) is 8.39. The van der Waals surface area contributed by atoms with Crippen molar-refractivity contribution in [1.82, 2.24) is 4.90 Å². The van der Waals surface area contributed by atoms with E-state index in [-0.39, 0.29) is 0 Å². The van der Waals surface area contributed by atoms with Crippen LogP contribution in [0, 0.1) is 11.5 Å². The highest BCUT2D eigenvalue weighted by atomic mass is 32.2. The van der Waals surface area contributed by atoms with Crippen LogP contribution in [-0.2, 0) is 4.74 Å². The van der Waals surface area contributed by atoms with Gasteiger partial charge in [-0.25, -0.2) is 0 Å². The molecule has 12 heavy (non-hydrogen) atoms. The summed E-state index contributed by atoms with van der Waals surface area (Å²) >= 11 is 1.45. The van der Waals surface area contributed by atoms with E-state index in [9.17, 15) is 0 Å². The van der Waals surface area contributed by atoms with Crippen LogP contribution in [-0.4, -0.2) is 43.6 Å². The Morgan fingerprint density at radius 3 is 2.83 bits per heavy atom. The summed E-state index contributed by atoms with van der Waals surface area (Å²) in [6.45, 7) is 1.39.